The van der Waals surface area contributed by atoms with Gasteiger partial charge in [-0.05, 0) is 62.6 Å². The first kappa shape index (κ1) is 29.9. The summed E-state index contributed by atoms with van der Waals surface area (Å²) in [6.07, 6.45) is 3.06. The molecule has 2 aromatic heterocycles. The molecule has 5 rings (SSSR count). The lowest BCUT2D eigenvalue weighted by atomic mass is 10.0. The molecule has 3 atom stereocenters. The van der Waals surface area contributed by atoms with Gasteiger partial charge >= 0.3 is 0 Å². The molecule has 0 radical (unpaired) electrons. The number of hydrogen-bond acceptors (Lipinski definition) is 5. The summed E-state index contributed by atoms with van der Waals surface area (Å²) in [6, 6.07) is 9.61. The molecule has 8 nitrogen and oxygen atoms in total. The van der Waals surface area contributed by atoms with Crippen LogP contribution in [0.5, 0.6) is 0 Å². The first-order chi connectivity index (χ1) is 19.9. The van der Waals surface area contributed by atoms with Gasteiger partial charge in [0.2, 0.25) is 5.91 Å². The number of carbonyl (C=O) groups is 1. The fraction of sp³-hybridized carbons (Fsp3) is 0.355. The molecule has 0 aliphatic carbocycles. The van der Waals surface area contributed by atoms with Crippen LogP contribution in [0.2, 0.25) is 5.02 Å². The fourth-order valence-electron chi connectivity index (χ4n) is 5.72. The van der Waals surface area contributed by atoms with Crippen molar-refractivity contribution >= 4 is 42.3 Å². The summed E-state index contributed by atoms with van der Waals surface area (Å²) in [6.45, 7) is 16.1. The molecule has 0 spiro atoms. The number of carbonyl (C=O) groups excluding carboxylic acids is 1. The molecule has 0 bridgehead atoms. The first-order valence-electron chi connectivity index (χ1n) is 13.9. The third-order valence-corrected chi connectivity index (χ3v) is 9.79. The van der Waals surface area contributed by atoms with E-state index in [1.54, 1.807) is 46.7 Å². The molecule has 2 aliphatic rings. The highest BCUT2D eigenvalue weighted by molar-refractivity contribution is 7.64. The van der Waals surface area contributed by atoms with Crippen molar-refractivity contribution < 1.29 is 13.8 Å². The number of amides is 1. The normalized spacial score (nSPS) is 22.2. The van der Waals surface area contributed by atoms with E-state index in [1.165, 1.54) is 12.1 Å². The molecule has 1 unspecified atom stereocenters. The number of fused-ring (bicyclic) bond motifs is 1. The Morgan fingerprint density at radius 2 is 1.88 bits per heavy atom. The van der Waals surface area contributed by atoms with Crippen molar-refractivity contribution in [3.05, 3.63) is 82.9 Å². The van der Waals surface area contributed by atoms with Gasteiger partial charge in [-0.25, -0.2) is 9.37 Å². The summed E-state index contributed by atoms with van der Waals surface area (Å²) in [7, 11) is -3.55. The maximum atomic E-state index is 15.0. The van der Waals surface area contributed by atoms with E-state index >= 15 is 4.39 Å². The van der Waals surface area contributed by atoms with Crippen molar-refractivity contribution in [2.24, 2.45) is 4.76 Å². The number of amidine groups is 1. The number of aromatic nitrogens is 2. The molecule has 4 heterocycles. The number of halogens is 2. The third-order valence-electron chi connectivity index (χ3n) is 7.81. The van der Waals surface area contributed by atoms with Crippen molar-refractivity contribution in [2.45, 2.75) is 52.6 Å². The van der Waals surface area contributed by atoms with Crippen LogP contribution in [0, 0.1) is 12.7 Å². The van der Waals surface area contributed by atoms with E-state index in [1.807, 2.05) is 40.7 Å². The SMILES string of the molecule is C=CC(=O)N1C[C@H](C)N(C2=NP(C)(=O)N(c3c(C)ccnc3C(C)C)c3nc(-c4ccccc4F)c(Cl)cc32)C[C@H]1C. The topological polar surface area (TPSA) is 82.0 Å². The average molecular weight is 609 g/mol. The second kappa shape index (κ2) is 11.3. The average Bonchev–Trinajstić information content (AvgIpc) is 2.94. The van der Waals surface area contributed by atoms with Crippen LogP contribution < -0.4 is 4.67 Å². The quantitative estimate of drug-likeness (QED) is 0.230. The number of hydrogen-bond donors (Lipinski definition) is 0. The zero-order valence-electron chi connectivity index (χ0n) is 24.7. The van der Waals surface area contributed by atoms with E-state index in [2.05, 4.69) is 16.5 Å². The fourth-order valence-corrected chi connectivity index (χ4v) is 7.77. The summed E-state index contributed by atoms with van der Waals surface area (Å²) in [5.74, 6) is 0.270. The Morgan fingerprint density at radius 3 is 2.55 bits per heavy atom. The lowest BCUT2D eigenvalue weighted by molar-refractivity contribution is -0.130. The van der Waals surface area contributed by atoms with Crippen molar-refractivity contribution in [3.63, 3.8) is 0 Å². The van der Waals surface area contributed by atoms with Gasteiger partial charge in [0.1, 0.15) is 11.7 Å². The van der Waals surface area contributed by atoms with E-state index in [0.29, 0.717) is 36.0 Å². The number of aryl methyl sites for hydroxylation is 1. The van der Waals surface area contributed by atoms with Crippen LogP contribution in [-0.4, -0.2) is 63.3 Å². The van der Waals surface area contributed by atoms with E-state index in [0.717, 1.165) is 11.3 Å². The van der Waals surface area contributed by atoms with E-state index in [4.69, 9.17) is 21.3 Å². The maximum Gasteiger partial charge on any atom is 0.285 e. The zero-order valence-corrected chi connectivity index (χ0v) is 26.3. The number of piperazine rings is 1. The lowest BCUT2D eigenvalue weighted by Gasteiger charge is -2.47. The van der Waals surface area contributed by atoms with Gasteiger partial charge in [0.05, 0.1) is 27.7 Å². The largest absolute Gasteiger partial charge is 0.349 e. The maximum absolute atomic E-state index is 15.0. The lowest BCUT2D eigenvalue weighted by Crippen LogP contribution is -2.59. The Balaban J connectivity index is 1.76. The molecule has 1 amide bonds. The molecule has 0 saturated carbocycles. The molecule has 2 aliphatic heterocycles. The van der Waals surface area contributed by atoms with Crippen LogP contribution >= 0.6 is 19.0 Å². The highest BCUT2D eigenvalue weighted by Crippen LogP contribution is 2.60. The van der Waals surface area contributed by atoms with Crippen LogP contribution in [0.3, 0.4) is 0 Å². The second-order valence-corrected chi connectivity index (χ2v) is 14.0. The smallest absolute Gasteiger partial charge is 0.285 e. The Morgan fingerprint density at radius 1 is 1.17 bits per heavy atom. The summed E-state index contributed by atoms with van der Waals surface area (Å²) in [5, 5.41) is 0.243. The van der Waals surface area contributed by atoms with Crippen LogP contribution in [-0.2, 0) is 9.36 Å². The van der Waals surface area contributed by atoms with Gasteiger partial charge in [-0.2, -0.15) is 4.76 Å². The highest BCUT2D eigenvalue weighted by Gasteiger charge is 2.43. The van der Waals surface area contributed by atoms with Gasteiger partial charge in [0.25, 0.3) is 7.44 Å². The van der Waals surface area contributed by atoms with E-state index in [-0.39, 0.29) is 40.2 Å². The summed E-state index contributed by atoms with van der Waals surface area (Å²) < 4.78 is 36.4. The number of benzene rings is 1. The minimum Gasteiger partial charge on any atom is -0.349 e. The number of pyridine rings is 2. The summed E-state index contributed by atoms with van der Waals surface area (Å²) in [5.41, 5.74) is 3.35. The minimum absolute atomic E-state index is 0.0170. The summed E-state index contributed by atoms with van der Waals surface area (Å²) in [4.78, 5) is 25.9. The molecule has 0 N–H and O–H groups in total. The molecule has 11 heteroatoms. The molecule has 1 aromatic carbocycles. The minimum atomic E-state index is -3.55. The van der Waals surface area contributed by atoms with Crippen molar-refractivity contribution in [3.8, 4) is 11.3 Å². The molecule has 220 valence electrons. The van der Waals surface area contributed by atoms with Crippen LogP contribution in [0.4, 0.5) is 15.9 Å². The Hall–Kier alpha value is -3.55. The Bertz CT molecular complexity index is 1660. The van der Waals surface area contributed by atoms with E-state index in [9.17, 15) is 9.36 Å². The van der Waals surface area contributed by atoms with Gasteiger partial charge in [-0.3, -0.25) is 19.0 Å². The molecular weight excluding hydrogens is 574 g/mol. The number of anilines is 2. The number of rotatable bonds is 4. The zero-order chi connectivity index (χ0) is 30.5. The van der Waals surface area contributed by atoms with Gasteiger partial charge in [0.15, 0.2) is 5.82 Å². The predicted molar refractivity (Wildman–Crippen MR) is 167 cm³/mol. The molecule has 42 heavy (non-hydrogen) atoms. The van der Waals surface area contributed by atoms with Crippen LogP contribution in [0.1, 0.15) is 50.4 Å². The third kappa shape index (κ3) is 5.13. The van der Waals surface area contributed by atoms with E-state index < -0.39 is 13.3 Å². The first-order valence-corrected chi connectivity index (χ1v) is 16.4. The predicted octanol–water partition coefficient (Wildman–Crippen LogP) is 7.20. The van der Waals surface area contributed by atoms with Crippen molar-refractivity contribution in [2.75, 3.05) is 24.4 Å². The highest BCUT2D eigenvalue weighted by atomic mass is 35.5. The Labute approximate surface area is 251 Å². The van der Waals surface area contributed by atoms with Crippen molar-refractivity contribution in [1.82, 2.24) is 19.8 Å². The van der Waals surface area contributed by atoms with Crippen LogP contribution in [0.25, 0.3) is 11.3 Å². The van der Waals surface area contributed by atoms with Gasteiger partial charge in [-0.15, -0.1) is 0 Å². The molecule has 1 fully saturated rings. The second-order valence-electron chi connectivity index (χ2n) is 11.3. The Kier molecular flexibility index (Phi) is 8.03. The van der Waals surface area contributed by atoms with Gasteiger partial charge < -0.3 is 9.80 Å². The molecular formula is C31H35ClFN6O2P. The number of nitrogens with zero attached hydrogens (tertiary/aromatic N) is 6. The van der Waals surface area contributed by atoms with Crippen molar-refractivity contribution in [1.29, 1.82) is 0 Å². The summed E-state index contributed by atoms with van der Waals surface area (Å²) >= 11 is 6.83. The van der Waals surface area contributed by atoms with Gasteiger partial charge in [-0.1, -0.05) is 44.2 Å². The molecule has 1 saturated heterocycles. The van der Waals surface area contributed by atoms with Gasteiger partial charge in [0, 0.05) is 43.6 Å². The monoisotopic (exact) mass is 608 g/mol. The standard InChI is InChI=1S/C31H35ClFN6O2P/c1-8-26(40)37-16-21(6)38(17-20(37)5)31-23-15-24(32)28(22-11-9-10-12-25(22)33)35-30(23)39(42(7,41)36-31)29-19(4)13-14-34-27(29)18(2)3/h8-15,18,20-21H,1,16-17H2,2-7H3/t20-,21+,42?/m1/s1. The molecule has 3 aromatic rings. The van der Waals surface area contributed by atoms with Crippen LogP contribution in [0.15, 0.2) is 60.0 Å².